The first-order valence-electron chi connectivity index (χ1n) is 8.76. The molecule has 0 saturated heterocycles. The molecule has 1 saturated carbocycles. The third-order valence-corrected chi connectivity index (χ3v) is 6.76. The van der Waals surface area contributed by atoms with Gasteiger partial charge in [-0.25, -0.2) is 26.6 Å². The fourth-order valence-corrected chi connectivity index (χ4v) is 4.95. The number of hydrogen-bond acceptors (Lipinski definition) is 4. The highest BCUT2D eigenvalue weighted by molar-refractivity contribution is 7.90. The van der Waals surface area contributed by atoms with E-state index in [1.807, 2.05) is 0 Å². The highest BCUT2D eigenvalue weighted by Crippen LogP contribution is 2.51. The zero-order chi connectivity index (χ0) is 21.6. The maximum atomic E-state index is 13.7. The Morgan fingerprint density at radius 1 is 1.38 bits per heavy atom. The predicted octanol–water partition coefficient (Wildman–Crippen LogP) is 4.17. The normalized spacial score (nSPS) is 22.7. The topological polar surface area (TPSA) is 72.0 Å². The van der Waals surface area contributed by atoms with Crippen molar-refractivity contribution in [3.05, 3.63) is 46.1 Å². The molecule has 29 heavy (non-hydrogen) atoms. The van der Waals surface area contributed by atoms with Crippen LogP contribution in [0, 0.1) is 12.7 Å². The lowest BCUT2D eigenvalue weighted by atomic mass is 10.1. The minimum Gasteiger partial charge on any atom is -0.365 e. The van der Waals surface area contributed by atoms with Gasteiger partial charge in [0.1, 0.15) is 17.7 Å². The standard InChI is InChI=1S/C18H19ClF3N2O3SSi/c1-10-16(28(2,25)26)24-15(23-10)14(11-3-4-13(20)12(19)7-11)27-9-17(29)5-6-18(21,22)8-17/h3-4,7,14H,5-6,8-9H2,1-2H3,(H,23,24)/t14-,17-/m1/s1. The molecule has 0 unspecified atom stereocenters. The molecule has 2 aromatic rings. The molecule has 0 amide bonds. The highest BCUT2D eigenvalue weighted by Gasteiger charge is 2.47. The molecular formula is C18H19ClF3N2O3SSi. The molecule has 1 fully saturated rings. The Hall–Kier alpha value is -1.36. The molecule has 3 radical (unpaired) electrons. The number of halogens is 4. The van der Waals surface area contributed by atoms with E-state index in [0.29, 0.717) is 11.3 Å². The molecule has 1 heterocycles. The van der Waals surface area contributed by atoms with Crippen LogP contribution >= 0.6 is 11.6 Å². The first-order chi connectivity index (χ1) is 13.3. The van der Waals surface area contributed by atoms with Gasteiger partial charge >= 0.3 is 0 Å². The summed E-state index contributed by atoms with van der Waals surface area (Å²) in [5.41, 5.74) is 0.718. The van der Waals surface area contributed by atoms with Crippen molar-refractivity contribution in [1.29, 1.82) is 0 Å². The van der Waals surface area contributed by atoms with Gasteiger partial charge in [-0.1, -0.05) is 17.7 Å². The van der Waals surface area contributed by atoms with Gasteiger partial charge in [-0.05, 0) is 36.1 Å². The van der Waals surface area contributed by atoms with E-state index < -0.39 is 32.7 Å². The van der Waals surface area contributed by atoms with Crippen LogP contribution in [0.5, 0.6) is 0 Å². The number of aryl methyl sites for hydroxylation is 1. The Bertz CT molecular complexity index is 1030. The van der Waals surface area contributed by atoms with Gasteiger partial charge in [0, 0.05) is 29.3 Å². The number of sulfone groups is 1. The smallest absolute Gasteiger partial charge is 0.248 e. The lowest BCUT2D eigenvalue weighted by molar-refractivity contribution is -0.00411. The number of benzene rings is 1. The van der Waals surface area contributed by atoms with Crippen LogP contribution in [0.4, 0.5) is 13.2 Å². The molecule has 3 rings (SSSR count). The quantitative estimate of drug-likeness (QED) is 0.653. The van der Waals surface area contributed by atoms with Gasteiger partial charge in [0.2, 0.25) is 5.92 Å². The number of alkyl halides is 2. The second-order valence-corrected chi connectivity index (χ2v) is 10.9. The maximum Gasteiger partial charge on any atom is 0.248 e. The molecule has 1 aromatic carbocycles. The molecule has 5 nitrogen and oxygen atoms in total. The number of hydrogen-bond donors (Lipinski definition) is 1. The van der Waals surface area contributed by atoms with E-state index in [9.17, 15) is 21.6 Å². The van der Waals surface area contributed by atoms with E-state index in [1.54, 1.807) is 6.92 Å². The second-order valence-electron chi connectivity index (χ2n) is 7.50. The average Bonchev–Trinajstić information content (AvgIpc) is 3.10. The number of nitrogens with zero attached hydrogens (tertiary/aromatic N) is 1. The minimum atomic E-state index is -3.59. The summed E-state index contributed by atoms with van der Waals surface area (Å²) in [7, 11) is -0.178. The van der Waals surface area contributed by atoms with E-state index >= 15 is 0 Å². The summed E-state index contributed by atoms with van der Waals surface area (Å²) in [5, 5.41) is -1.23. The van der Waals surface area contributed by atoms with Crippen molar-refractivity contribution in [3.63, 3.8) is 0 Å². The number of aromatic nitrogens is 2. The van der Waals surface area contributed by atoms with Crippen molar-refractivity contribution in [2.75, 3.05) is 12.9 Å². The van der Waals surface area contributed by atoms with Crippen LogP contribution in [0.1, 0.15) is 42.4 Å². The van der Waals surface area contributed by atoms with Crippen LogP contribution in [-0.4, -0.2) is 47.4 Å². The molecule has 1 aliphatic carbocycles. The first-order valence-corrected chi connectivity index (χ1v) is 11.5. The predicted molar refractivity (Wildman–Crippen MR) is 103 cm³/mol. The molecule has 0 bridgehead atoms. The number of imidazole rings is 1. The maximum absolute atomic E-state index is 13.7. The third kappa shape index (κ3) is 5.04. The molecule has 2 atom stereocenters. The van der Waals surface area contributed by atoms with Crippen LogP contribution in [0.15, 0.2) is 23.2 Å². The minimum absolute atomic E-state index is 0.0902. The molecule has 0 aliphatic heterocycles. The van der Waals surface area contributed by atoms with Gasteiger partial charge in [0.25, 0.3) is 0 Å². The summed E-state index contributed by atoms with van der Waals surface area (Å²) in [6, 6.07) is 3.91. The van der Waals surface area contributed by atoms with Crippen LogP contribution in [-0.2, 0) is 14.6 Å². The Labute approximate surface area is 175 Å². The van der Waals surface area contributed by atoms with Crippen molar-refractivity contribution in [1.82, 2.24) is 9.97 Å². The number of nitrogens with one attached hydrogen (secondary N) is 1. The summed E-state index contributed by atoms with van der Waals surface area (Å²) in [6.45, 7) is 1.46. The van der Waals surface area contributed by atoms with Gasteiger partial charge in [0.05, 0.1) is 17.3 Å². The largest absolute Gasteiger partial charge is 0.365 e. The van der Waals surface area contributed by atoms with E-state index in [2.05, 4.69) is 20.2 Å². The Morgan fingerprint density at radius 2 is 2.07 bits per heavy atom. The van der Waals surface area contributed by atoms with E-state index in [4.69, 9.17) is 16.3 Å². The summed E-state index contributed by atoms with van der Waals surface area (Å²) in [6.07, 6.45) is -0.368. The number of H-pyrrole nitrogens is 1. The molecule has 11 heteroatoms. The SMILES string of the molecule is Cc1[nH]c([C@H](OC[C@@]2([Si])CCC(F)(F)C2)c2ccc(F)c(Cl)c2)nc1S(C)(=O)=O. The van der Waals surface area contributed by atoms with Crippen molar-refractivity contribution in [2.45, 2.75) is 48.3 Å². The lowest BCUT2D eigenvalue weighted by Crippen LogP contribution is -2.22. The summed E-state index contributed by atoms with van der Waals surface area (Å²) in [5.74, 6) is -3.26. The van der Waals surface area contributed by atoms with Gasteiger partial charge in [-0.2, -0.15) is 0 Å². The molecular weight excluding hydrogens is 445 g/mol. The summed E-state index contributed by atoms with van der Waals surface area (Å²) >= 11 is 5.88. The van der Waals surface area contributed by atoms with Crippen LogP contribution in [0.2, 0.25) is 10.1 Å². The van der Waals surface area contributed by atoms with Crippen LogP contribution in [0.25, 0.3) is 0 Å². The van der Waals surface area contributed by atoms with E-state index in [0.717, 1.165) is 12.3 Å². The van der Waals surface area contributed by atoms with Crippen molar-refractivity contribution in [2.24, 2.45) is 0 Å². The fraction of sp³-hybridized carbons (Fsp3) is 0.500. The molecule has 1 aliphatic rings. The number of rotatable bonds is 6. The van der Waals surface area contributed by atoms with Crippen molar-refractivity contribution in [3.8, 4) is 0 Å². The van der Waals surface area contributed by atoms with E-state index in [-0.39, 0.29) is 41.7 Å². The summed E-state index contributed by atoms with van der Waals surface area (Å²) in [4.78, 5) is 7.01. The number of ether oxygens (including phenoxy) is 1. The van der Waals surface area contributed by atoms with Crippen LogP contribution in [0.3, 0.4) is 0 Å². The first kappa shape index (κ1) is 22.3. The van der Waals surface area contributed by atoms with Crippen molar-refractivity contribution >= 4 is 31.7 Å². The molecule has 0 spiro atoms. The van der Waals surface area contributed by atoms with Gasteiger partial charge in [0.15, 0.2) is 14.9 Å². The Morgan fingerprint density at radius 3 is 2.59 bits per heavy atom. The molecule has 1 aromatic heterocycles. The van der Waals surface area contributed by atoms with Gasteiger partial charge < -0.3 is 9.72 Å². The second kappa shape index (κ2) is 7.71. The number of aromatic amines is 1. The van der Waals surface area contributed by atoms with Crippen LogP contribution < -0.4 is 0 Å². The molecule has 1 N–H and O–H groups in total. The van der Waals surface area contributed by atoms with Crippen molar-refractivity contribution < 1.29 is 26.3 Å². The van der Waals surface area contributed by atoms with Gasteiger partial charge in [-0.3, -0.25) is 0 Å². The van der Waals surface area contributed by atoms with E-state index in [1.165, 1.54) is 12.1 Å². The Balaban J connectivity index is 1.96. The zero-order valence-electron chi connectivity index (χ0n) is 15.7. The third-order valence-electron chi connectivity index (χ3n) is 4.80. The highest BCUT2D eigenvalue weighted by atomic mass is 35.5. The monoisotopic (exact) mass is 463 g/mol. The molecule has 157 valence electrons. The Kier molecular flexibility index (Phi) is 5.94. The zero-order valence-corrected chi connectivity index (χ0v) is 18.3. The summed E-state index contributed by atoms with van der Waals surface area (Å²) < 4.78 is 70.7. The fourth-order valence-electron chi connectivity index (χ4n) is 3.42. The average molecular weight is 464 g/mol. The lowest BCUT2D eigenvalue weighted by Gasteiger charge is -2.26. The van der Waals surface area contributed by atoms with Gasteiger partial charge in [-0.15, -0.1) is 0 Å².